The van der Waals surface area contributed by atoms with Crippen molar-refractivity contribution < 1.29 is 19.7 Å². The Labute approximate surface area is 236 Å². The minimum absolute atomic E-state index is 0.0247. The summed E-state index contributed by atoms with van der Waals surface area (Å²) in [7, 11) is 0. The SMILES string of the molecule is Nc1nc2c(ncn2[C@H]2C[C@H](O)[C@@H](CI)O2)c(=O)[nH]1.[N-]=[N+]=NC[C@H]1O[C@@H](n2cnc3c(=O)[nH]c(N)nc32)C[C@@H]1O. The number of H-pyrrole nitrogens is 2. The number of hydrogen-bond acceptors (Lipinski definition) is 13. The van der Waals surface area contributed by atoms with Gasteiger partial charge in [-0.2, -0.15) is 9.97 Å². The number of anilines is 2. The molecule has 0 bridgehead atoms. The largest absolute Gasteiger partial charge is 0.390 e. The van der Waals surface area contributed by atoms with Crippen LogP contribution < -0.4 is 22.6 Å². The lowest BCUT2D eigenvalue weighted by Crippen LogP contribution is -2.23. The number of fused-ring (bicyclic) bond motifs is 2. The van der Waals surface area contributed by atoms with Crippen LogP contribution in [0.5, 0.6) is 0 Å². The third kappa shape index (κ3) is 5.31. The van der Waals surface area contributed by atoms with Crippen molar-refractivity contribution in [3.63, 3.8) is 0 Å². The highest BCUT2D eigenvalue weighted by molar-refractivity contribution is 14.1. The third-order valence-electron chi connectivity index (χ3n) is 6.41. The zero-order valence-electron chi connectivity index (χ0n) is 20.5. The van der Waals surface area contributed by atoms with Gasteiger partial charge in [-0.1, -0.05) is 27.7 Å². The van der Waals surface area contributed by atoms with Crippen LogP contribution in [-0.2, 0) is 9.47 Å². The van der Waals surface area contributed by atoms with Gasteiger partial charge in [-0.3, -0.25) is 28.7 Å². The summed E-state index contributed by atoms with van der Waals surface area (Å²) < 4.78 is 15.2. The number of azide groups is 1. The Kier molecular flexibility index (Phi) is 7.87. The van der Waals surface area contributed by atoms with E-state index in [1.807, 2.05) is 0 Å². The summed E-state index contributed by atoms with van der Waals surface area (Å²) in [5, 5.41) is 23.2. The van der Waals surface area contributed by atoms with E-state index in [4.69, 9.17) is 26.5 Å². The highest BCUT2D eigenvalue weighted by Crippen LogP contribution is 2.32. The van der Waals surface area contributed by atoms with Gasteiger partial charge in [0.2, 0.25) is 11.9 Å². The fourth-order valence-corrected chi connectivity index (χ4v) is 5.29. The first-order valence-corrected chi connectivity index (χ1v) is 13.4. The van der Waals surface area contributed by atoms with Gasteiger partial charge in [-0.25, -0.2) is 9.97 Å². The Bertz CT molecular complexity index is 1690. The van der Waals surface area contributed by atoms with Crippen LogP contribution in [0.25, 0.3) is 32.8 Å². The second-order valence-electron chi connectivity index (χ2n) is 8.98. The van der Waals surface area contributed by atoms with Crippen molar-refractivity contribution in [2.45, 2.75) is 49.7 Å². The van der Waals surface area contributed by atoms with Gasteiger partial charge in [0, 0.05) is 22.2 Å². The van der Waals surface area contributed by atoms with Crippen LogP contribution in [0.15, 0.2) is 27.4 Å². The molecule has 6 heterocycles. The molecule has 8 N–H and O–H groups in total. The summed E-state index contributed by atoms with van der Waals surface area (Å²) in [6.07, 6.45) is 0.518. The summed E-state index contributed by atoms with van der Waals surface area (Å²) in [4.78, 5) is 46.8. The smallest absolute Gasteiger partial charge is 0.280 e. The van der Waals surface area contributed by atoms with Crippen molar-refractivity contribution in [2.24, 2.45) is 5.11 Å². The molecular formula is C20H24IN13O6. The Morgan fingerprint density at radius 1 is 0.975 bits per heavy atom. The van der Waals surface area contributed by atoms with Crippen molar-refractivity contribution >= 4 is 56.8 Å². The van der Waals surface area contributed by atoms with Gasteiger partial charge >= 0.3 is 0 Å². The number of hydrogen-bond donors (Lipinski definition) is 6. The number of aliphatic hydroxyl groups excluding tert-OH is 2. The van der Waals surface area contributed by atoms with Crippen molar-refractivity contribution in [3.8, 4) is 0 Å². The molecule has 0 amide bonds. The zero-order chi connectivity index (χ0) is 28.6. The highest BCUT2D eigenvalue weighted by Gasteiger charge is 2.36. The molecule has 212 valence electrons. The van der Waals surface area contributed by atoms with E-state index >= 15 is 0 Å². The first-order valence-electron chi connectivity index (χ1n) is 11.9. The summed E-state index contributed by atoms with van der Waals surface area (Å²) in [5.41, 5.74) is 19.5. The van der Waals surface area contributed by atoms with Crippen LogP contribution in [-0.4, -0.2) is 84.6 Å². The first-order chi connectivity index (χ1) is 19.2. The Morgan fingerprint density at radius 2 is 1.45 bits per heavy atom. The number of nitrogen functional groups attached to an aromatic ring is 2. The topological polar surface area (TPSA) is 287 Å². The number of aromatic nitrogens is 8. The average molecular weight is 669 g/mol. The molecule has 0 spiro atoms. The molecule has 2 saturated heterocycles. The van der Waals surface area contributed by atoms with Crippen molar-refractivity contribution in [1.29, 1.82) is 0 Å². The Hall–Kier alpha value is -3.82. The molecule has 6 rings (SSSR count). The van der Waals surface area contributed by atoms with Crippen LogP contribution in [0.4, 0.5) is 11.9 Å². The highest BCUT2D eigenvalue weighted by atomic mass is 127. The maximum absolute atomic E-state index is 11.7. The minimum Gasteiger partial charge on any atom is -0.390 e. The molecule has 40 heavy (non-hydrogen) atoms. The van der Waals surface area contributed by atoms with Crippen LogP contribution in [0.2, 0.25) is 0 Å². The molecule has 20 heteroatoms. The fourth-order valence-electron chi connectivity index (χ4n) is 4.50. The number of imidazole rings is 2. The second-order valence-corrected chi connectivity index (χ2v) is 9.86. The first kappa shape index (κ1) is 27.7. The molecule has 2 aliphatic heterocycles. The van der Waals surface area contributed by atoms with Gasteiger partial charge in [0.05, 0.1) is 43.6 Å². The van der Waals surface area contributed by atoms with Gasteiger partial charge in [0.15, 0.2) is 22.3 Å². The van der Waals surface area contributed by atoms with Crippen LogP contribution in [0.1, 0.15) is 25.3 Å². The maximum atomic E-state index is 11.7. The zero-order valence-corrected chi connectivity index (χ0v) is 22.7. The summed E-state index contributed by atoms with van der Waals surface area (Å²) in [6.45, 7) is 0.0247. The van der Waals surface area contributed by atoms with E-state index in [9.17, 15) is 19.8 Å². The van der Waals surface area contributed by atoms with E-state index in [1.54, 1.807) is 4.57 Å². The lowest BCUT2D eigenvalue weighted by atomic mass is 10.2. The molecule has 2 aliphatic rings. The second kappa shape index (κ2) is 11.3. The average Bonchev–Trinajstić information content (AvgIpc) is 3.68. The number of aromatic amines is 2. The van der Waals surface area contributed by atoms with Crippen LogP contribution in [0, 0.1) is 0 Å². The van der Waals surface area contributed by atoms with E-state index in [0.717, 1.165) is 0 Å². The minimum atomic E-state index is -0.780. The standard InChI is InChI=1S/C10H12IN5O3.C10H12N8O3/c11-2-5-4(17)1-6(19-5)16-3-13-7-8(16)14-10(12)15-9(7)18;11-10-15-8-7(9(20)16-10)13-3-18(8)6-1-4(19)5(21-6)2-14-17-12/h3-6,17H,1-2H2,(H3,12,14,15,18);3-6,19H,1-2H2,(H3,11,15,16,20)/t2*4-,5+,6+/m00/s1. The van der Waals surface area contributed by atoms with Gasteiger partial charge in [-0.15, -0.1) is 0 Å². The molecular weight excluding hydrogens is 645 g/mol. The van der Waals surface area contributed by atoms with E-state index in [-0.39, 0.29) is 59.4 Å². The molecule has 2 fully saturated rings. The number of halogens is 1. The summed E-state index contributed by atoms with van der Waals surface area (Å²) >= 11 is 2.16. The number of alkyl halides is 1. The van der Waals surface area contributed by atoms with Gasteiger partial charge in [0.25, 0.3) is 11.1 Å². The van der Waals surface area contributed by atoms with Crippen LogP contribution in [0.3, 0.4) is 0 Å². The third-order valence-corrected chi connectivity index (χ3v) is 7.28. The number of rotatable bonds is 5. The fraction of sp³-hybridized carbons (Fsp3) is 0.500. The number of nitrogens with one attached hydrogen (secondary N) is 2. The maximum Gasteiger partial charge on any atom is 0.280 e. The summed E-state index contributed by atoms with van der Waals surface area (Å²) in [6, 6.07) is 0. The van der Waals surface area contributed by atoms with Crippen molar-refractivity contribution in [2.75, 3.05) is 22.4 Å². The van der Waals surface area contributed by atoms with Gasteiger partial charge in [0.1, 0.15) is 12.5 Å². The molecule has 0 aromatic carbocycles. The molecule has 0 radical (unpaired) electrons. The predicted octanol–water partition coefficient (Wildman–Crippen LogP) is -0.554. The lowest BCUT2D eigenvalue weighted by Gasteiger charge is -2.13. The molecule has 4 aromatic rings. The lowest BCUT2D eigenvalue weighted by molar-refractivity contribution is -0.0114. The number of aliphatic hydroxyl groups is 2. The Balaban J connectivity index is 0.000000162. The summed E-state index contributed by atoms with van der Waals surface area (Å²) in [5.74, 6) is 0.00154. The molecule has 0 saturated carbocycles. The molecule has 0 aliphatic carbocycles. The van der Waals surface area contributed by atoms with E-state index in [2.05, 4.69) is 62.5 Å². The molecule has 6 atom stereocenters. The van der Waals surface area contributed by atoms with Gasteiger partial charge < -0.3 is 31.2 Å². The van der Waals surface area contributed by atoms with Gasteiger partial charge in [-0.05, 0) is 5.53 Å². The predicted molar refractivity (Wildman–Crippen MR) is 147 cm³/mol. The number of nitrogens with zero attached hydrogens (tertiary/aromatic N) is 9. The van der Waals surface area contributed by atoms with Crippen molar-refractivity contribution in [1.82, 2.24) is 39.0 Å². The molecule has 19 nitrogen and oxygen atoms in total. The molecule has 0 unspecified atom stereocenters. The van der Waals surface area contributed by atoms with E-state index < -0.39 is 30.1 Å². The normalized spacial score (nSPS) is 26.1. The monoisotopic (exact) mass is 669 g/mol. The Morgan fingerprint density at radius 3 is 1.90 bits per heavy atom. The van der Waals surface area contributed by atoms with E-state index in [1.165, 1.54) is 17.2 Å². The van der Waals surface area contributed by atoms with Crippen LogP contribution >= 0.6 is 22.6 Å². The van der Waals surface area contributed by atoms with E-state index in [0.29, 0.717) is 16.5 Å². The number of nitrogens with two attached hydrogens (primary N) is 2. The quantitative estimate of drug-likeness (QED) is 0.0513. The molecule has 4 aromatic heterocycles. The van der Waals surface area contributed by atoms with Crippen molar-refractivity contribution in [3.05, 3.63) is 43.8 Å². The number of ether oxygens (including phenoxy) is 2.